The third kappa shape index (κ3) is 32.4. The van der Waals surface area contributed by atoms with Crippen LogP contribution in [-0.4, -0.2) is 235 Å². The Hall–Kier alpha value is -10.3. The number of rotatable bonds is 49. The Morgan fingerprint density at radius 1 is 0.481 bits per heavy atom. The average Bonchev–Trinajstić information content (AvgIpc) is 1.01. The predicted octanol–water partition coefficient (Wildman–Crippen LogP) is -6.87. The van der Waals surface area contributed by atoms with E-state index in [-0.39, 0.29) is 75.0 Å². The van der Waals surface area contributed by atoms with Crippen LogP contribution in [0.5, 0.6) is 0 Å². The molecule has 3 aromatic rings. The summed E-state index contributed by atoms with van der Waals surface area (Å²) in [5.41, 5.74) is 29.3. The number of benzene rings is 1. The number of aliphatic hydroxyl groups is 2. The van der Waals surface area contributed by atoms with Gasteiger partial charge in [0.05, 0.1) is 38.3 Å². The summed E-state index contributed by atoms with van der Waals surface area (Å²) in [7, 11) is 0. The molecule has 13 amide bonds. The molecule has 0 saturated heterocycles. The highest BCUT2D eigenvalue weighted by atomic mass is 32.1. The molecule has 0 aliphatic rings. The van der Waals surface area contributed by atoms with E-state index in [4.69, 9.17) is 28.7 Å². The first-order chi connectivity index (χ1) is 50.1. The number of carbonyl (C=O) groups is 14. The Kier molecular flexibility index (Phi) is 39.4. The summed E-state index contributed by atoms with van der Waals surface area (Å²) in [6.45, 7) is 9.67. The highest BCUT2D eigenvalue weighted by Crippen LogP contribution is 2.14. The summed E-state index contributed by atoms with van der Waals surface area (Å²) in [6, 6.07) is -11.1. The van der Waals surface area contributed by atoms with Crippen LogP contribution in [0.25, 0.3) is 0 Å². The van der Waals surface area contributed by atoms with Gasteiger partial charge in [-0.2, -0.15) is 12.6 Å². The van der Waals surface area contributed by atoms with Gasteiger partial charge >= 0.3 is 5.97 Å². The molecular formula is C66H106N22O17S. The highest BCUT2D eigenvalue weighted by molar-refractivity contribution is 7.80. The molecule has 13 atom stereocenters. The van der Waals surface area contributed by atoms with Crippen molar-refractivity contribution in [3.63, 3.8) is 0 Å². The lowest BCUT2D eigenvalue weighted by Gasteiger charge is -2.29. The number of unbranched alkanes of at least 4 members (excludes halogenated alkanes) is 1. The van der Waals surface area contributed by atoms with Crippen molar-refractivity contribution >= 4 is 101 Å². The number of H-pyrrole nitrogens is 2. The molecule has 0 aliphatic carbocycles. The van der Waals surface area contributed by atoms with E-state index in [1.165, 1.54) is 45.8 Å². The molecular weight excluding hydrogens is 1400 g/mol. The van der Waals surface area contributed by atoms with Crippen LogP contribution >= 0.6 is 12.6 Å². The minimum Gasteiger partial charge on any atom is -0.480 e. The van der Waals surface area contributed by atoms with E-state index in [9.17, 15) is 82.4 Å². The zero-order valence-electron chi connectivity index (χ0n) is 60.5. The molecule has 39 nitrogen and oxygen atoms in total. The largest absolute Gasteiger partial charge is 0.480 e. The molecule has 106 heavy (non-hydrogen) atoms. The third-order valence-electron chi connectivity index (χ3n) is 16.2. The number of amides is 13. The number of imidazole rings is 2. The van der Waals surface area contributed by atoms with Gasteiger partial charge in [-0.1, -0.05) is 78.3 Å². The number of aliphatic carboxylic acids is 1. The standard InChI is InChI=1S/C66H106N22O17S/c1-33(2)20-42(80-55(94)41(17-13-19-74-66(70)71)78-54(93)40(68)16-11-12-18-67)56(95)77-36(7)53(92)79-44(22-37-14-9-8-10-15-37)58(97)87-50(30-106)63(102)81-45(23-38-26-72-31-75-38)59(98)86-48(28-89)61(100)82-46(25-51(69)91)60(99)88-52(35(5)6)64(103)83-43(21-34(3)4)57(96)85-49(29-90)62(101)84-47(65(104)105)24-39-27-73-32-76-39/h8-10,14-15,26-27,31-36,40-50,52,89-90,106H,11-13,16-25,28-30,67-68H2,1-7H3,(H2,69,91)(H,72,75)(H,73,76)(H,77,95)(H,78,93)(H,79,92)(H,80,94)(H,81,102)(H,82,100)(H,83,103)(H,84,101)(H,85,96)(H,86,98)(H,87,97)(H,88,99)(H,104,105)(H4,70,71,74)/t36-,40-,41-,42-,43-,44-,45-,46-,47-,48-,49-,50-,52-/m0/s1. The number of aliphatic imine (C=N–C) groups is 1. The predicted molar refractivity (Wildman–Crippen MR) is 388 cm³/mol. The summed E-state index contributed by atoms with van der Waals surface area (Å²) in [5, 5.41) is 60.1. The SMILES string of the molecule is CC(C)C[C@H](NC(=O)[C@H](CCCN=C(N)N)NC(=O)[C@@H](N)CCCCN)C(=O)N[C@@H](C)C(=O)N[C@@H](Cc1ccccc1)C(=O)N[C@@H](CS)C(=O)N[C@@H](Cc1cnc[nH]1)C(=O)N[C@@H](CO)C(=O)N[C@@H](CC(N)=O)C(=O)N[C@H](C(=O)N[C@@H](CC(C)C)C(=O)N[C@@H](CO)C(=O)N[C@@H](Cc1cnc[nH]1)C(=O)O)C(C)C. The minimum absolute atomic E-state index is 0.0441. The second-order valence-corrected chi connectivity index (χ2v) is 26.8. The van der Waals surface area contributed by atoms with Gasteiger partial charge < -0.3 is 118 Å². The maximum absolute atomic E-state index is 14.4. The number of thiol groups is 1. The van der Waals surface area contributed by atoms with Gasteiger partial charge in [0, 0.05) is 55.3 Å². The number of aliphatic hydroxyl groups excluding tert-OH is 2. The van der Waals surface area contributed by atoms with E-state index in [2.05, 4.69) is 101 Å². The summed E-state index contributed by atoms with van der Waals surface area (Å²) in [6.07, 6.45) is 5.29. The minimum atomic E-state index is -1.94. The third-order valence-corrected chi connectivity index (χ3v) is 16.5. The molecule has 2 aromatic heterocycles. The van der Waals surface area contributed by atoms with Gasteiger partial charge in [0.25, 0.3) is 0 Å². The number of aromatic amines is 2. The molecule has 588 valence electrons. The zero-order chi connectivity index (χ0) is 79.3. The van der Waals surface area contributed by atoms with E-state index in [0.717, 1.165) is 0 Å². The van der Waals surface area contributed by atoms with E-state index in [1.54, 1.807) is 58.0 Å². The topological polar surface area (TPSA) is 644 Å². The maximum atomic E-state index is 14.4. The molecule has 40 heteroatoms. The first kappa shape index (κ1) is 89.9. The Morgan fingerprint density at radius 3 is 1.39 bits per heavy atom. The quantitative estimate of drug-likeness (QED) is 0.0108. The van der Waals surface area contributed by atoms with Crippen LogP contribution in [-0.2, 0) is 86.4 Å². The smallest absolute Gasteiger partial charge is 0.326 e. The van der Waals surface area contributed by atoms with Crippen molar-refractivity contribution in [1.82, 2.24) is 83.7 Å². The molecule has 0 spiro atoms. The van der Waals surface area contributed by atoms with E-state index in [1.807, 2.05) is 0 Å². The van der Waals surface area contributed by atoms with E-state index < -0.39 is 193 Å². The van der Waals surface area contributed by atoms with Crippen LogP contribution in [0.1, 0.15) is 117 Å². The highest BCUT2D eigenvalue weighted by Gasteiger charge is 2.38. The van der Waals surface area contributed by atoms with Crippen LogP contribution < -0.4 is 92.5 Å². The molecule has 2 heterocycles. The van der Waals surface area contributed by atoms with Crippen molar-refractivity contribution in [3.05, 3.63) is 72.3 Å². The average molecular weight is 1510 g/mol. The second-order valence-electron chi connectivity index (χ2n) is 26.5. The summed E-state index contributed by atoms with van der Waals surface area (Å²) < 4.78 is 0. The summed E-state index contributed by atoms with van der Waals surface area (Å²) in [5.74, 6) is -16.1. The zero-order valence-corrected chi connectivity index (χ0v) is 61.4. The first-order valence-corrected chi connectivity index (χ1v) is 35.2. The lowest BCUT2D eigenvalue weighted by molar-refractivity contribution is -0.142. The van der Waals surface area contributed by atoms with E-state index in [0.29, 0.717) is 37.1 Å². The number of nitrogens with one attached hydrogen (secondary N) is 14. The van der Waals surface area contributed by atoms with Crippen molar-refractivity contribution in [2.24, 2.45) is 51.4 Å². The number of carboxylic acid groups (broad SMARTS) is 1. The number of guanidine groups is 1. The Balaban J connectivity index is 1.82. The van der Waals surface area contributed by atoms with Gasteiger partial charge in [-0.3, -0.25) is 67.3 Å². The Morgan fingerprint density at radius 2 is 0.906 bits per heavy atom. The molecule has 0 aliphatic heterocycles. The fraction of sp³-hybridized carbons (Fsp3) is 0.591. The normalized spacial score (nSPS) is 14.9. The molecule has 0 fully saturated rings. The maximum Gasteiger partial charge on any atom is 0.326 e. The van der Waals surface area contributed by atoms with Crippen molar-refractivity contribution in [1.29, 1.82) is 0 Å². The van der Waals surface area contributed by atoms with Crippen LogP contribution in [0.4, 0.5) is 0 Å². The molecule has 0 unspecified atom stereocenters. The van der Waals surface area contributed by atoms with Crippen molar-refractivity contribution in [2.75, 3.05) is 32.1 Å². The van der Waals surface area contributed by atoms with E-state index >= 15 is 0 Å². The van der Waals surface area contributed by atoms with Crippen molar-refractivity contribution < 1.29 is 82.4 Å². The van der Waals surface area contributed by atoms with Gasteiger partial charge in [-0.15, -0.1) is 0 Å². The van der Waals surface area contributed by atoms with Crippen LogP contribution in [0.15, 0.2) is 60.4 Å². The molecule has 0 saturated carbocycles. The van der Waals surface area contributed by atoms with Gasteiger partial charge in [-0.05, 0) is 75.3 Å². The molecule has 3 rings (SSSR count). The number of nitrogens with two attached hydrogens (primary N) is 5. The van der Waals surface area contributed by atoms with Crippen LogP contribution in [0, 0.1) is 17.8 Å². The first-order valence-electron chi connectivity index (χ1n) is 34.6. The van der Waals surface area contributed by atoms with Gasteiger partial charge in [0.15, 0.2) is 5.96 Å². The molecule has 0 radical (unpaired) electrons. The van der Waals surface area contributed by atoms with Crippen molar-refractivity contribution in [2.45, 2.75) is 198 Å². The Labute approximate surface area is 618 Å². The van der Waals surface area contributed by atoms with Crippen LogP contribution in [0.2, 0.25) is 0 Å². The number of hydrogen-bond acceptors (Lipinski definition) is 22. The lowest BCUT2D eigenvalue weighted by atomic mass is 9.99. The summed E-state index contributed by atoms with van der Waals surface area (Å²) in [4.78, 5) is 209. The van der Waals surface area contributed by atoms with Gasteiger partial charge in [0.2, 0.25) is 76.8 Å². The molecule has 27 N–H and O–H groups in total. The monoisotopic (exact) mass is 1510 g/mol. The number of nitrogens with zero attached hydrogens (tertiary/aromatic N) is 3. The number of primary amides is 1. The number of carbonyl (C=O) groups excluding carboxylic acids is 13. The fourth-order valence-electron chi connectivity index (χ4n) is 10.4. The van der Waals surface area contributed by atoms with Gasteiger partial charge in [-0.25, -0.2) is 14.8 Å². The van der Waals surface area contributed by atoms with Crippen molar-refractivity contribution in [3.8, 4) is 0 Å². The number of carboxylic acids is 1. The van der Waals surface area contributed by atoms with Crippen LogP contribution in [0.3, 0.4) is 0 Å². The Bertz CT molecular complexity index is 3400. The summed E-state index contributed by atoms with van der Waals surface area (Å²) >= 11 is 4.31. The molecule has 1 aromatic carbocycles. The molecule has 0 bridgehead atoms. The lowest BCUT2D eigenvalue weighted by Crippen LogP contribution is -2.62. The number of hydrogen-bond donors (Lipinski definition) is 23. The number of aromatic nitrogens is 4. The fourth-order valence-corrected chi connectivity index (χ4v) is 10.7. The second kappa shape index (κ2) is 46.5. The van der Waals surface area contributed by atoms with Gasteiger partial charge in [0.1, 0.15) is 72.5 Å².